The molecule has 4 rings (SSSR count). The second-order valence-corrected chi connectivity index (χ2v) is 4.89. The number of hydrogen-bond donors (Lipinski definition) is 0. The Bertz CT molecular complexity index is 812. The molecule has 0 saturated carbocycles. The number of rotatable bonds is 1. The molecule has 1 aliphatic rings. The van der Waals surface area contributed by atoms with E-state index in [-0.39, 0.29) is 5.91 Å². The average Bonchev–Trinajstić information content (AvgIpc) is 2.86. The van der Waals surface area contributed by atoms with Gasteiger partial charge in [-0.3, -0.25) is 9.78 Å². The van der Waals surface area contributed by atoms with Crippen LogP contribution in [0.25, 0.3) is 10.9 Å². The van der Waals surface area contributed by atoms with Crippen molar-refractivity contribution in [1.82, 2.24) is 4.98 Å². The molecule has 3 heteroatoms. The first kappa shape index (κ1) is 11.2. The van der Waals surface area contributed by atoms with Crippen LogP contribution in [0.4, 0.5) is 5.69 Å². The molecule has 0 radical (unpaired) electrons. The highest BCUT2D eigenvalue weighted by Crippen LogP contribution is 2.31. The van der Waals surface area contributed by atoms with E-state index in [9.17, 15) is 4.79 Å². The first-order valence-electron chi connectivity index (χ1n) is 6.58. The molecule has 3 aromatic rings. The Hall–Kier alpha value is -2.68. The van der Waals surface area contributed by atoms with Gasteiger partial charge in [0, 0.05) is 17.3 Å². The molecule has 0 bridgehead atoms. The number of benzene rings is 2. The van der Waals surface area contributed by atoms with Crippen LogP contribution < -0.4 is 4.90 Å². The van der Waals surface area contributed by atoms with Gasteiger partial charge in [0.25, 0.3) is 5.91 Å². The Morgan fingerprint density at radius 2 is 1.70 bits per heavy atom. The second-order valence-electron chi connectivity index (χ2n) is 4.89. The first-order valence-corrected chi connectivity index (χ1v) is 6.58. The highest BCUT2D eigenvalue weighted by molar-refractivity contribution is 6.12. The van der Waals surface area contributed by atoms with Gasteiger partial charge >= 0.3 is 0 Å². The van der Waals surface area contributed by atoms with E-state index in [1.165, 1.54) is 0 Å². The molecule has 1 aliphatic heterocycles. The van der Waals surface area contributed by atoms with Crippen LogP contribution in [0, 0.1) is 0 Å². The number of fused-ring (bicyclic) bond motifs is 3. The van der Waals surface area contributed by atoms with Crippen LogP contribution in [0.15, 0.2) is 60.8 Å². The standard InChI is InChI=1S/C17H12N2O/c20-17-14-10-18-16-9-5-4-8-13(16)15(14)11-19(17)12-6-2-1-3-7-12/h1-10H,11H2. The van der Waals surface area contributed by atoms with Crippen molar-refractivity contribution < 1.29 is 4.79 Å². The normalized spacial score (nSPS) is 13.8. The van der Waals surface area contributed by atoms with Crippen LogP contribution in [0.1, 0.15) is 15.9 Å². The number of carbonyl (C=O) groups excluding carboxylic acids is 1. The molecule has 0 saturated heterocycles. The lowest BCUT2D eigenvalue weighted by molar-refractivity contribution is 0.0996. The third kappa shape index (κ3) is 1.53. The third-order valence-corrected chi connectivity index (χ3v) is 3.75. The summed E-state index contributed by atoms with van der Waals surface area (Å²) in [7, 11) is 0. The van der Waals surface area contributed by atoms with Gasteiger partial charge in [0.2, 0.25) is 0 Å². The number of aromatic nitrogens is 1. The highest BCUT2D eigenvalue weighted by atomic mass is 16.2. The molecule has 0 N–H and O–H groups in total. The number of para-hydroxylation sites is 2. The summed E-state index contributed by atoms with van der Waals surface area (Å²) in [5, 5.41) is 1.07. The summed E-state index contributed by atoms with van der Waals surface area (Å²) in [6.45, 7) is 0.612. The van der Waals surface area contributed by atoms with Crippen molar-refractivity contribution in [1.29, 1.82) is 0 Å². The molecular weight excluding hydrogens is 248 g/mol. The van der Waals surface area contributed by atoms with E-state index in [4.69, 9.17) is 0 Å². The van der Waals surface area contributed by atoms with Crippen molar-refractivity contribution >= 4 is 22.5 Å². The van der Waals surface area contributed by atoms with Crippen molar-refractivity contribution in [3.63, 3.8) is 0 Å². The van der Waals surface area contributed by atoms with Crippen molar-refractivity contribution in [3.05, 3.63) is 71.9 Å². The largest absolute Gasteiger partial charge is 0.304 e. The summed E-state index contributed by atoms with van der Waals surface area (Å²) < 4.78 is 0. The van der Waals surface area contributed by atoms with Gasteiger partial charge in [0.15, 0.2) is 0 Å². The van der Waals surface area contributed by atoms with Crippen molar-refractivity contribution in [2.24, 2.45) is 0 Å². The number of carbonyl (C=O) groups is 1. The van der Waals surface area contributed by atoms with Crippen LogP contribution in [-0.4, -0.2) is 10.9 Å². The molecule has 20 heavy (non-hydrogen) atoms. The predicted molar refractivity (Wildman–Crippen MR) is 78.7 cm³/mol. The Kier molecular flexibility index (Phi) is 2.33. The number of amides is 1. The second kappa shape index (κ2) is 4.17. The van der Waals surface area contributed by atoms with Crippen molar-refractivity contribution in [2.45, 2.75) is 6.54 Å². The minimum absolute atomic E-state index is 0.0319. The van der Waals surface area contributed by atoms with E-state index in [0.717, 1.165) is 22.2 Å². The third-order valence-electron chi connectivity index (χ3n) is 3.75. The highest BCUT2D eigenvalue weighted by Gasteiger charge is 2.30. The number of nitrogens with zero attached hydrogens (tertiary/aromatic N) is 2. The SMILES string of the molecule is O=C1c2cnc3ccccc3c2CN1c1ccccc1. The Labute approximate surface area is 116 Å². The maximum atomic E-state index is 12.5. The van der Waals surface area contributed by atoms with Gasteiger partial charge in [0.1, 0.15) is 0 Å². The summed E-state index contributed by atoms with van der Waals surface area (Å²) in [6, 6.07) is 17.7. The van der Waals surface area contributed by atoms with E-state index >= 15 is 0 Å². The van der Waals surface area contributed by atoms with E-state index in [1.807, 2.05) is 54.6 Å². The number of anilines is 1. The lowest BCUT2D eigenvalue weighted by atomic mass is 10.1. The first-order chi connectivity index (χ1) is 9.84. The molecule has 2 aromatic carbocycles. The summed E-state index contributed by atoms with van der Waals surface area (Å²) in [6.07, 6.45) is 1.70. The smallest absolute Gasteiger partial charge is 0.260 e. The quantitative estimate of drug-likeness (QED) is 0.672. The molecule has 0 aliphatic carbocycles. The van der Waals surface area contributed by atoms with Gasteiger partial charge in [-0.1, -0.05) is 36.4 Å². The van der Waals surface area contributed by atoms with Crippen LogP contribution in [-0.2, 0) is 6.54 Å². The molecule has 3 nitrogen and oxygen atoms in total. The molecule has 1 aromatic heterocycles. The van der Waals surface area contributed by atoms with Gasteiger partial charge in [-0.2, -0.15) is 0 Å². The van der Waals surface area contributed by atoms with Crippen LogP contribution in [0.2, 0.25) is 0 Å². The molecule has 0 atom stereocenters. The van der Waals surface area contributed by atoms with Gasteiger partial charge in [-0.05, 0) is 23.8 Å². The van der Waals surface area contributed by atoms with E-state index in [0.29, 0.717) is 12.1 Å². The van der Waals surface area contributed by atoms with Crippen molar-refractivity contribution in [2.75, 3.05) is 4.90 Å². The molecule has 0 unspecified atom stereocenters. The zero-order chi connectivity index (χ0) is 13.5. The molecule has 0 fully saturated rings. The molecule has 96 valence electrons. The zero-order valence-electron chi connectivity index (χ0n) is 10.8. The Morgan fingerprint density at radius 1 is 0.950 bits per heavy atom. The zero-order valence-corrected chi connectivity index (χ0v) is 10.8. The molecule has 0 spiro atoms. The minimum Gasteiger partial charge on any atom is -0.304 e. The van der Waals surface area contributed by atoms with Gasteiger partial charge < -0.3 is 4.90 Å². The van der Waals surface area contributed by atoms with E-state index < -0.39 is 0 Å². The maximum absolute atomic E-state index is 12.5. The fraction of sp³-hybridized carbons (Fsp3) is 0.0588. The van der Waals surface area contributed by atoms with Crippen LogP contribution in [0.5, 0.6) is 0 Å². The predicted octanol–water partition coefficient (Wildman–Crippen LogP) is 3.40. The maximum Gasteiger partial charge on any atom is 0.260 e. The number of hydrogen-bond acceptors (Lipinski definition) is 2. The molecular formula is C17H12N2O. The van der Waals surface area contributed by atoms with E-state index in [1.54, 1.807) is 11.1 Å². The fourth-order valence-corrected chi connectivity index (χ4v) is 2.74. The monoisotopic (exact) mass is 260 g/mol. The van der Waals surface area contributed by atoms with Crippen LogP contribution in [0.3, 0.4) is 0 Å². The van der Waals surface area contributed by atoms with Crippen LogP contribution >= 0.6 is 0 Å². The van der Waals surface area contributed by atoms with Crippen molar-refractivity contribution in [3.8, 4) is 0 Å². The van der Waals surface area contributed by atoms with Gasteiger partial charge in [-0.25, -0.2) is 0 Å². The lowest BCUT2D eigenvalue weighted by Gasteiger charge is -2.15. The molecule has 2 heterocycles. The number of pyridine rings is 1. The topological polar surface area (TPSA) is 33.2 Å². The fourth-order valence-electron chi connectivity index (χ4n) is 2.74. The average molecular weight is 260 g/mol. The Morgan fingerprint density at radius 3 is 2.55 bits per heavy atom. The summed E-state index contributed by atoms with van der Waals surface area (Å²) in [4.78, 5) is 18.7. The summed E-state index contributed by atoms with van der Waals surface area (Å²) >= 11 is 0. The lowest BCUT2D eigenvalue weighted by Crippen LogP contribution is -2.22. The summed E-state index contributed by atoms with van der Waals surface area (Å²) in [5.41, 5.74) is 3.66. The van der Waals surface area contributed by atoms with E-state index in [2.05, 4.69) is 4.98 Å². The van der Waals surface area contributed by atoms with Gasteiger partial charge in [-0.15, -0.1) is 0 Å². The van der Waals surface area contributed by atoms with Gasteiger partial charge in [0.05, 0.1) is 17.6 Å². The molecule has 1 amide bonds. The summed E-state index contributed by atoms with van der Waals surface area (Å²) in [5.74, 6) is 0.0319. The Balaban J connectivity index is 1.88. The minimum atomic E-state index is 0.0319.